The summed E-state index contributed by atoms with van der Waals surface area (Å²) in [4.78, 5) is 0. The Morgan fingerprint density at radius 3 is 2.50 bits per heavy atom. The van der Waals surface area contributed by atoms with Gasteiger partial charge in [-0.05, 0) is 63.3 Å². The molecule has 1 N–H and O–H groups in total. The molecule has 3 nitrogen and oxygen atoms in total. The fraction of sp³-hybridized carbons (Fsp3) is 0.500. The lowest BCUT2D eigenvalue weighted by atomic mass is 10.0. The van der Waals surface area contributed by atoms with Crippen LogP contribution in [0.5, 0.6) is 5.75 Å². The van der Waals surface area contributed by atoms with Crippen molar-refractivity contribution in [3.05, 3.63) is 46.8 Å². The first-order valence-corrected chi connectivity index (χ1v) is 7.86. The molecular formula is C18H27ClN2O. The fourth-order valence-corrected chi connectivity index (χ4v) is 2.59. The molecule has 0 fully saturated rings. The van der Waals surface area contributed by atoms with E-state index >= 15 is 0 Å². The van der Waals surface area contributed by atoms with E-state index in [2.05, 4.69) is 43.1 Å². The minimum atomic E-state index is 0. The van der Waals surface area contributed by atoms with E-state index in [-0.39, 0.29) is 12.4 Å². The number of H-pyrrole nitrogens is 1. The second-order valence-electron chi connectivity index (χ2n) is 5.74. The van der Waals surface area contributed by atoms with Crippen LogP contribution in [0.1, 0.15) is 48.2 Å². The first-order valence-electron chi connectivity index (χ1n) is 7.86. The quantitative estimate of drug-likeness (QED) is 0.699. The molecule has 0 aliphatic carbocycles. The van der Waals surface area contributed by atoms with E-state index in [1.54, 1.807) is 0 Å². The molecular weight excluding hydrogens is 296 g/mol. The summed E-state index contributed by atoms with van der Waals surface area (Å²) in [5, 5.41) is 7.29. The Morgan fingerprint density at radius 2 is 1.82 bits per heavy atom. The van der Waals surface area contributed by atoms with Crippen LogP contribution in [0.15, 0.2) is 24.3 Å². The van der Waals surface area contributed by atoms with Gasteiger partial charge in [-0.1, -0.05) is 25.0 Å². The highest BCUT2D eigenvalue weighted by atomic mass is 35.5. The maximum atomic E-state index is 5.76. The number of aromatic amines is 1. The third kappa shape index (κ3) is 5.72. The molecule has 2 aromatic rings. The molecule has 0 saturated carbocycles. The van der Waals surface area contributed by atoms with E-state index < -0.39 is 0 Å². The summed E-state index contributed by atoms with van der Waals surface area (Å²) in [5.74, 6) is 0.986. The van der Waals surface area contributed by atoms with E-state index in [1.165, 1.54) is 36.1 Å². The van der Waals surface area contributed by atoms with Crippen LogP contribution in [0, 0.1) is 20.8 Å². The number of nitrogens with zero attached hydrogens (tertiary/aromatic N) is 1. The van der Waals surface area contributed by atoms with Crippen molar-refractivity contribution in [2.24, 2.45) is 0 Å². The van der Waals surface area contributed by atoms with Crippen LogP contribution in [0.25, 0.3) is 0 Å². The van der Waals surface area contributed by atoms with Crippen molar-refractivity contribution in [1.29, 1.82) is 0 Å². The number of nitrogens with one attached hydrogen (secondary N) is 1. The van der Waals surface area contributed by atoms with Crippen molar-refractivity contribution in [3.8, 4) is 5.75 Å². The van der Waals surface area contributed by atoms with Gasteiger partial charge in [0.1, 0.15) is 5.75 Å². The Balaban J connectivity index is 0.00000242. The van der Waals surface area contributed by atoms with Gasteiger partial charge >= 0.3 is 0 Å². The van der Waals surface area contributed by atoms with Gasteiger partial charge in [-0.2, -0.15) is 5.10 Å². The average Bonchev–Trinajstić information content (AvgIpc) is 2.78. The summed E-state index contributed by atoms with van der Waals surface area (Å²) < 4.78 is 5.76. The molecule has 0 saturated heterocycles. The van der Waals surface area contributed by atoms with E-state index in [0.29, 0.717) is 0 Å². The summed E-state index contributed by atoms with van der Waals surface area (Å²) in [6.45, 7) is 7.08. The molecule has 0 amide bonds. The molecule has 0 unspecified atom stereocenters. The zero-order valence-electron chi connectivity index (χ0n) is 13.8. The molecule has 4 heteroatoms. The van der Waals surface area contributed by atoms with Crippen LogP contribution in [0.3, 0.4) is 0 Å². The van der Waals surface area contributed by atoms with E-state index in [4.69, 9.17) is 4.74 Å². The number of aromatic nitrogens is 2. The highest BCUT2D eigenvalue weighted by Crippen LogP contribution is 2.15. The van der Waals surface area contributed by atoms with Crippen LogP contribution >= 0.6 is 12.4 Å². The zero-order chi connectivity index (χ0) is 15.1. The standard InChI is InChI=1S/C18H26N2O.ClH/c1-14-9-8-10-17(13-14)21-12-7-5-4-6-11-18-15(2)19-20-16(18)3;/h8-10,13H,4-7,11-12H2,1-3H3,(H,19,20);1H. The number of ether oxygens (including phenoxy) is 1. The van der Waals surface area contributed by atoms with E-state index in [0.717, 1.165) is 30.9 Å². The lowest BCUT2D eigenvalue weighted by Crippen LogP contribution is -1.98. The maximum absolute atomic E-state index is 5.76. The van der Waals surface area contributed by atoms with Gasteiger partial charge in [-0.15, -0.1) is 12.4 Å². The monoisotopic (exact) mass is 322 g/mol. The first-order chi connectivity index (χ1) is 10.2. The Morgan fingerprint density at radius 1 is 1.05 bits per heavy atom. The summed E-state index contributed by atoms with van der Waals surface area (Å²) in [6.07, 6.45) is 5.96. The Bertz CT molecular complexity index is 546. The molecule has 0 radical (unpaired) electrons. The number of rotatable bonds is 8. The van der Waals surface area contributed by atoms with Gasteiger partial charge in [0.05, 0.1) is 12.3 Å². The van der Waals surface area contributed by atoms with Gasteiger partial charge in [0.2, 0.25) is 0 Å². The van der Waals surface area contributed by atoms with Crippen LogP contribution in [0.2, 0.25) is 0 Å². The normalized spacial score (nSPS) is 10.3. The number of aryl methyl sites for hydroxylation is 3. The molecule has 0 atom stereocenters. The summed E-state index contributed by atoms with van der Waals surface area (Å²) in [6, 6.07) is 8.24. The number of hydrogen-bond acceptors (Lipinski definition) is 2. The average molecular weight is 323 g/mol. The van der Waals surface area contributed by atoms with Crippen molar-refractivity contribution >= 4 is 12.4 Å². The lowest BCUT2D eigenvalue weighted by molar-refractivity contribution is 0.304. The lowest BCUT2D eigenvalue weighted by Gasteiger charge is -2.07. The van der Waals surface area contributed by atoms with Crippen molar-refractivity contribution in [3.63, 3.8) is 0 Å². The molecule has 0 spiro atoms. The maximum Gasteiger partial charge on any atom is 0.119 e. The topological polar surface area (TPSA) is 37.9 Å². The van der Waals surface area contributed by atoms with E-state index in [9.17, 15) is 0 Å². The molecule has 0 aliphatic heterocycles. The molecule has 0 aliphatic rings. The SMILES string of the molecule is Cc1cccc(OCCCCCCc2c(C)n[nH]c2C)c1.Cl. The van der Waals surface area contributed by atoms with Gasteiger partial charge in [-0.3, -0.25) is 5.10 Å². The Labute approximate surface area is 139 Å². The highest BCUT2D eigenvalue weighted by Gasteiger charge is 2.05. The number of benzene rings is 1. The molecule has 0 bridgehead atoms. The van der Waals surface area contributed by atoms with Crippen LogP contribution in [-0.4, -0.2) is 16.8 Å². The second kappa shape index (κ2) is 9.52. The van der Waals surface area contributed by atoms with Gasteiger partial charge in [-0.25, -0.2) is 0 Å². The van der Waals surface area contributed by atoms with Gasteiger partial charge < -0.3 is 4.74 Å². The predicted molar refractivity (Wildman–Crippen MR) is 94.2 cm³/mol. The minimum absolute atomic E-state index is 0. The molecule has 122 valence electrons. The van der Waals surface area contributed by atoms with Crippen LogP contribution in [-0.2, 0) is 6.42 Å². The summed E-state index contributed by atoms with van der Waals surface area (Å²) in [5.41, 5.74) is 5.01. The van der Waals surface area contributed by atoms with E-state index in [1.807, 2.05) is 12.1 Å². The molecule has 1 aromatic carbocycles. The fourth-order valence-electron chi connectivity index (χ4n) is 2.59. The number of hydrogen-bond donors (Lipinski definition) is 1. The second-order valence-corrected chi connectivity index (χ2v) is 5.74. The minimum Gasteiger partial charge on any atom is -0.494 e. The molecule has 1 heterocycles. The Kier molecular flexibility index (Phi) is 8.03. The van der Waals surface area contributed by atoms with Crippen LogP contribution in [0.4, 0.5) is 0 Å². The van der Waals surface area contributed by atoms with Crippen molar-refractivity contribution in [2.45, 2.75) is 52.9 Å². The molecule has 2 rings (SSSR count). The smallest absolute Gasteiger partial charge is 0.119 e. The highest BCUT2D eigenvalue weighted by molar-refractivity contribution is 5.85. The van der Waals surface area contributed by atoms with Crippen LogP contribution < -0.4 is 4.74 Å². The molecule has 1 aromatic heterocycles. The van der Waals surface area contributed by atoms with Gasteiger partial charge in [0, 0.05) is 5.69 Å². The van der Waals surface area contributed by atoms with Crippen molar-refractivity contribution in [2.75, 3.05) is 6.61 Å². The number of unbranched alkanes of at least 4 members (excludes halogenated alkanes) is 3. The summed E-state index contributed by atoms with van der Waals surface area (Å²) >= 11 is 0. The summed E-state index contributed by atoms with van der Waals surface area (Å²) in [7, 11) is 0. The van der Waals surface area contributed by atoms with Gasteiger partial charge in [0.25, 0.3) is 0 Å². The first kappa shape index (κ1) is 18.6. The Hall–Kier alpha value is -1.48. The van der Waals surface area contributed by atoms with Crippen molar-refractivity contribution in [1.82, 2.24) is 10.2 Å². The van der Waals surface area contributed by atoms with Crippen molar-refractivity contribution < 1.29 is 4.74 Å². The third-order valence-electron chi connectivity index (χ3n) is 3.86. The van der Waals surface area contributed by atoms with Gasteiger partial charge in [0.15, 0.2) is 0 Å². The predicted octanol–water partition coefficient (Wildman–Crippen LogP) is 4.94. The largest absolute Gasteiger partial charge is 0.494 e. The number of halogens is 1. The third-order valence-corrected chi connectivity index (χ3v) is 3.86. The molecule has 22 heavy (non-hydrogen) atoms. The zero-order valence-corrected chi connectivity index (χ0v) is 14.6.